The Morgan fingerprint density at radius 1 is 0.860 bits per heavy atom. The predicted molar refractivity (Wildman–Crippen MR) is 158 cm³/mol. The van der Waals surface area contributed by atoms with Crippen molar-refractivity contribution in [1.29, 1.82) is 5.26 Å². The van der Waals surface area contributed by atoms with Gasteiger partial charge in [-0.15, -0.1) is 0 Å². The summed E-state index contributed by atoms with van der Waals surface area (Å²) in [7, 11) is 0. The van der Waals surface area contributed by atoms with Crippen LogP contribution in [0.1, 0.15) is 61.9 Å². The molecule has 11 nitrogen and oxygen atoms in total. The molecule has 0 atom stereocenters. The standard InChI is InChI=1S/C32H40N2O9/c1-3-38-30(39-4-2)9-7-21-34-32(37)42-24-8-23-41-29(35)19-12-25-10-15-28(16-11-25)43-31(36)26-13-17-27(18-14-26)40-22-6-5-20-33/h10-19,30H,3-9,21-24H2,1-2H3,(H,34,37)/b19-12+. The molecule has 2 rings (SSSR count). The largest absolute Gasteiger partial charge is 0.494 e. The third-order valence-electron chi connectivity index (χ3n) is 5.65. The van der Waals surface area contributed by atoms with Gasteiger partial charge in [-0.3, -0.25) is 0 Å². The van der Waals surface area contributed by atoms with Crippen LogP contribution in [0.4, 0.5) is 4.79 Å². The number of esters is 2. The average molecular weight is 597 g/mol. The number of unbranched alkanes of at least 4 members (excludes halogenated alkanes) is 1. The molecule has 43 heavy (non-hydrogen) atoms. The highest BCUT2D eigenvalue weighted by atomic mass is 16.7. The van der Waals surface area contributed by atoms with Crippen LogP contribution >= 0.6 is 0 Å². The maximum Gasteiger partial charge on any atom is 0.407 e. The minimum atomic E-state index is -0.532. The van der Waals surface area contributed by atoms with Gasteiger partial charge < -0.3 is 33.7 Å². The fourth-order valence-electron chi connectivity index (χ4n) is 3.55. The van der Waals surface area contributed by atoms with Crippen LogP contribution in [0.15, 0.2) is 54.6 Å². The number of hydrogen-bond acceptors (Lipinski definition) is 10. The van der Waals surface area contributed by atoms with Crippen LogP contribution in [0.25, 0.3) is 6.08 Å². The zero-order chi connectivity index (χ0) is 31.1. The van der Waals surface area contributed by atoms with E-state index in [1.807, 2.05) is 13.8 Å². The third-order valence-corrected chi connectivity index (χ3v) is 5.65. The molecule has 0 unspecified atom stereocenters. The Balaban J connectivity index is 1.60. The monoisotopic (exact) mass is 596 g/mol. The Labute approximate surface area is 252 Å². The lowest BCUT2D eigenvalue weighted by molar-refractivity contribution is -0.140. The molecule has 0 aromatic heterocycles. The number of nitrogens with one attached hydrogen (secondary N) is 1. The Morgan fingerprint density at radius 2 is 1.53 bits per heavy atom. The number of ether oxygens (including phenoxy) is 6. The molecule has 0 fully saturated rings. The predicted octanol–water partition coefficient (Wildman–Crippen LogP) is 5.44. The van der Waals surface area contributed by atoms with E-state index in [1.54, 1.807) is 54.6 Å². The Hall–Kier alpha value is -4.40. The van der Waals surface area contributed by atoms with E-state index in [0.717, 1.165) is 0 Å². The highest BCUT2D eigenvalue weighted by Gasteiger charge is 2.10. The minimum Gasteiger partial charge on any atom is -0.494 e. The van der Waals surface area contributed by atoms with Gasteiger partial charge in [-0.2, -0.15) is 5.26 Å². The number of carbonyl (C=O) groups is 3. The highest BCUT2D eigenvalue weighted by molar-refractivity contribution is 5.91. The topological polar surface area (TPSA) is 142 Å². The van der Waals surface area contributed by atoms with Crippen molar-refractivity contribution >= 4 is 24.1 Å². The molecule has 0 aliphatic rings. The van der Waals surface area contributed by atoms with Gasteiger partial charge in [0.2, 0.25) is 0 Å². The van der Waals surface area contributed by atoms with E-state index in [2.05, 4.69) is 11.4 Å². The Morgan fingerprint density at radius 3 is 2.21 bits per heavy atom. The number of hydrogen-bond donors (Lipinski definition) is 1. The van der Waals surface area contributed by atoms with E-state index in [4.69, 9.17) is 33.7 Å². The molecule has 0 radical (unpaired) electrons. The van der Waals surface area contributed by atoms with Crippen molar-refractivity contribution in [2.24, 2.45) is 0 Å². The molecular formula is C32H40N2O9. The molecular weight excluding hydrogens is 556 g/mol. The van der Waals surface area contributed by atoms with E-state index < -0.39 is 18.0 Å². The summed E-state index contributed by atoms with van der Waals surface area (Å²) in [6, 6.07) is 15.3. The second kappa shape index (κ2) is 21.3. The lowest BCUT2D eigenvalue weighted by Crippen LogP contribution is -2.27. The number of benzene rings is 2. The van der Waals surface area contributed by atoms with Crippen molar-refractivity contribution in [1.82, 2.24) is 5.32 Å². The number of nitriles is 1. The quantitative estimate of drug-likeness (QED) is 0.0690. The summed E-state index contributed by atoms with van der Waals surface area (Å²) in [5.74, 6) is -0.0870. The highest BCUT2D eigenvalue weighted by Crippen LogP contribution is 2.17. The van der Waals surface area contributed by atoms with Gasteiger partial charge in [-0.05, 0) is 74.7 Å². The van der Waals surface area contributed by atoms with Crippen molar-refractivity contribution in [2.45, 2.75) is 52.2 Å². The summed E-state index contributed by atoms with van der Waals surface area (Å²) < 4.78 is 32.0. The second-order valence-electron chi connectivity index (χ2n) is 8.99. The van der Waals surface area contributed by atoms with Gasteiger partial charge in [0.1, 0.15) is 11.5 Å². The molecule has 0 bridgehead atoms. The number of amides is 1. The SMILES string of the molecule is CCOC(CCCNC(=O)OCCCOC(=O)/C=C/c1ccc(OC(=O)c2ccc(OCCCC#N)cc2)cc1)OCC. The molecule has 1 amide bonds. The van der Waals surface area contributed by atoms with Crippen molar-refractivity contribution < 1.29 is 42.8 Å². The van der Waals surface area contributed by atoms with Crippen molar-refractivity contribution in [2.75, 3.05) is 39.6 Å². The summed E-state index contributed by atoms with van der Waals surface area (Å²) >= 11 is 0. The van der Waals surface area contributed by atoms with E-state index in [1.165, 1.54) is 6.08 Å². The molecule has 2 aromatic carbocycles. The van der Waals surface area contributed by atoms with Gasteiger partial charge in [0.25, 0.3) is 0 Å². The molecule has 2 aromatic rings. The zero-order valence-electron chi connectivity index (χ0n) is 24.8. The molecule has 0 aliphatic heterocycles. The van der Waals surface area contributed by atoms with Crippen LogP contribution in [0.3, 0.4) is 0 Å². The van der Waals surface area contributed by atoms with Crippen molar-refractivity contribution in [3.63, 3.8) is 0 Å². The fourth-order valence-corrected chi connectivity index (χ4v) is 3.55. The first kappa shape index (κ1) is 34.8. The maximum absolute atomic E-state index is 12.4. The average Bonchev–Trinajstić information content (AvgIpc) is 3.01. The first-order chi connectivity index (χ1) is 20.9. The summed E-state index contributed by atoms with van der Waals surface area (Å²) in [4.78, 5) is 36.1. The van der Waals surface area contributed by atoms with Crippen LogP contribution in [0.2, 0.25) is 0 Å². The van der Waals surface area contributed by atoms with Crippen LogP contribution in [-0.4, -0.2) is 63.9 Å². The summed E-state index contributed by atoms with van der Waals surface area (Å²) in [5.41, 5.74) is 1.08. The van der Waals surface area contributed by atoms with E-state index in [0.29, 0.717) is 81.1 Å². The summed E-state index contributed by atoms with van der Waals surface area (Å²) in [6.45, 7) is 6.02. The fraction of sp³-hybridized carbons (Fsp3) is 0.438. The Bertz CT molecular complexity index is 1170. The van der Waals surface area contributed by atoms with Crippen LogP contribution in [0, 0.1) is 11.3 Å². The molecule has 0 saturated heterocycles. The second-order valence-corrected chi connectivity index (χ2v) is 8.99. The number of nitrogens with zero attached hydrogens (tertiary/aromatic N) is 1. The smallest absolute Gasteiger partial charge is 0.407 e. The van der Waals surface area contributed by atoms with Crippen molar-refractivity contribution in [3.05, 3.63) is 65.7 Å². The molecule has 0 aliphatic carbocycles. The molecule has 232 valence electrons. The third kappa shape index (κ3) is 15.4. The molecule has 0 heterocycles. The first-order valence-corrected chi connectivity index (χ1v) is 14.4. The minimum absolute atomic E-state index is 0.101. The van der Waals surface area contributed by atoms with Gasteiger partial charge in [0, 0.05) is 45.1 Å². The lowest BCUT2D eigenvalue weighted by atomic mass is 10.2. The van der Waals surface area contributed by atoms with Gasteiger partial charge in [0.15, 0.2) is 6.29 Å². The van der Waals surface area contributed by atoms with Crippen LogP contribution in [0.5, 0.6) is 11.5 Å². The lowest BCUT2D eigenvalue weighted by Gasteiger charge is -2.16. The van der Waals surface area contributed by atoms with E-state index >= 15 is 0 Å². The molecule has 1 N–H and O–H groups in total. The zero-order valence-corrected chi connectivity index (χ0v) is 24.8. The number of rotatable bonds is 20. The van der Waals surface area contributed by atoms with Gasteiger partial charge in [-0.25, -0.2) is 14.4 Å². The Kier molecular flexibility index (Phi) is 17.3. The molecule has 11 heteroatoms. The number of carbonyl (C=O) groups excluding carboxylic acids is 3. The van der Waals surface area contributed by atoms with Gasteiger partial charge in [-0.1, -0.05) is 12.1 Å². The summed E-state index contributed by atoms with van der Waals surface area (Å²) in [6.07, 6.45) is 4.85. The molecule has 0 saturated carbocycles. The number of alkyl carbamates (subject to hydrolysis) is 1. The van der Waals surface area contributed by atoms with E-state index in [-0.39, 0.29) is 19.5 Å². The van der Waals surface area contributed by atoms with Gasteiger partial charge in [0.05, 0.1) is 31.5 Å². The molecule has 0 spiro atoms. The van der Waals surface area contributed by atoms with Crippen LogP contribution in [-0.2, 0) is 23.7 Å². The van der Waals surface area contributed by atoms with Gasteiger partial charge >= 0.3 is 18.0 Å². The van der Waals surface area contributed by atoms with Crippen LogP contribution < -0.4 is 14.8 Å². The van der Waals surface area contributed by atoms with Crippen molar-refractivity contribution in [3.8, 4) is 17.6 Å². The summed E-state index contributed by atoms with van der Waals surface area (Å²) in [5, 5.41) is 11.2. The maximum atomic E-state index is 12.4. The van der Waals surface area contributed by atoms with E-state index in [9.17, 15) is 14.4 Å². The normalized spacial score (nSPS) is 10.7. The first-order valence-electron chi connectivity index (χ1n) is 14.4.